The minimum Gasteiger partial charge on any atom is -0.481 e. The van der Waals surface area contributed by atoms with Gasteiger partial charge < -0.3 is 5.11 Å². The Kier molecular flexibility index (Phi) is 4.57. The van der Waals surface area contributed by atoms with Crippen molar-refractivity contribution in [3.05, 3.63) is 42.5 Å². The van der Waals surface area contributed by atoms with Gasteiger partial charge in [0.15, 0.2) is 11.0 Å². The highest BCUT2D eigenvalue weighted by atomic mass is 32.2. The molecular formula is C14H15N3O2S. The van der Waals surface area contributed by atoms with Crippen LogP contribution < -0.4 is 0 Å². The van der Waals surface area contributed by atoms with Gasteiger partial charge in [0.25, 0.3) is 0 Å². The van der Waals surface area contributed by atoms with Crippen molar-refractivity contribution in [1.82, 2.24) is 14.8 Å². The molecule has 0 spiro atoms. The smallest absolute Gasteiger partial charge is 0.313 e. The number of benzene rings is 1. The number of hydrogen-bond donors (Lipinski definition) is 1. The lowest BCUT2D eigenvalue weighted by Crippen LogP contribution is -2.04. The number of aromatic nitrogens is 3. The molecule has 0 aliphatic rings. The molecule has 1 heterocycles. The van der Waals surface area contributed by atoms with Crippen molar-refractivity contribution in [2.24, 2.45) is 0 Å². The van der Waals surface area contributed by atoms with Gasteiger partial charge in [-0.1, -0.05) is 42.1 Å². The van der Waals surface area contributed by atoms with Crippen LogP contribution >= 0.6 is 11.8 Å². The SMILES string of the molecule is C=CCn1c(SCC(=O)O)nnc1-c1ccccc1C. The Morgan fingerprint density at radius 2 is 2.20 bits per heavy atom. The lowest BCUT2D eigenvalue weighted by atomic mass is 10.1. The maximum atomic E-state index is 10.7. The molecule has 0 bridgehead atoms. The normalized spacial score (nSPS) is 10.4. The van der Waals surface area contributed by atoms with Gasteiger partial charge >= 0.3 is 5.97 Å². The molecule has 0 saturated heterocycles. The van der Waals surface area contributed by atoms with Crippen molar-refractivity contribution in [3.63, 3.8) is 0 Å². The molecule has 1 N–H and O–H groups in total. The van der Waals surface area contributed by atoms with Gasteiger partial charge in [0, 0.05) is 12.1 Å². The average molecular weight is 289 g/mol. The van der Waals surface area contributed by atoms with E-state index in [9.17, 15) is 4.79 Å². The summed E-state index contributed by atoms with van der Waals surface area (Å²) in [5.41, 5.74) is 2.09. The number of carbonyl (C=O) groups is 1. The van der Waals surface area contributed by atoms with Crippen LogP contribution in [0.15, 0.2) is 42.1 Å². The molecule has 0 aliphatic heterocycles. The number of nitrogens with zero attached hydrogens (tertiary/aromatic N) is 3. The molecule has 6 heteroatoms. The van der Waals surface area contributed by atoms with E-state index < -0.39 is 5.97 Å². The number of allylic oxidation sites excluding steroid dienone is 1. The van der Waals surface area contributed by atoms with Gasteiger partial charge in [-0.25, -0.2) is 0 Å². The van der Waals surface area contributed by atoms with Crippen LogP contribution in [0.1, 0.15) is 5.56 Å². The van der Waals surface area contributed by atoms with Crippen LogP contribution in [-0.4, -0.2) is 31.6 Å². The summed E-state index contributed by atoms with van der Waals surface area (Å²) in [4.78, 5) is 10.7. The molecule has 0 radical (unpaired) electrons. The lowest BCUT2D eigenvalue weighted by molar-refractivity contribution is -0.133. The van der Waals surface area contributed by atoms with Gasteiger partial charge in [-0.2, -0.15) is 0 Å². The Hall–Kier alpha value is -2.08. The summed E-state index contributed by atoms with van der Waals surface area (Å²) in [6.45, 7) is 6.27. The molecule has 1 aromatic heterocycles. The summed E-state index contributed by atoms with van der Waals surface area (Å²) >= 11 is 1.16. The summed E-state index contributed by atoms with van der Waals surface area (Å²) in [5, 5.41) is 17.6. The summed E-state index contributed by atoms with van der Waals surface area (Å²) in [5.74, 6) is -0.181. The van der Waals surface area contributed by atoms with Gasteiger partial charge in [0.2, 0.25) is 0 Å². The molecule has 0 aliphatic carbocycles. The largest absolute Gasteiger partial charge is 0.481 e. The molecule has 2 aromatic rings. The number of aryl methyl sites for hydroxylation is 1. The van der Waals surface area contributed by atoms with E-state index in [1.807, 2.05) is 35.8 Å². The molecule has 0 amide bonds. The lowest BCUT2D eigenvalue weighted by Gasteiger charge is -2.08. The highest BCUT2D eigenvalue weighted by Crippen LogP contribution is 2.26. The molecular weight excluding hydrogens is 274 g/mol. The van der Waals surface area contributed by atoms with E-state index in [4.69, 9.17) is 5.11 Å². The van der Waals surface area contributed by atoms with E-state index in [1.54, 1.807) is 6.08 Å². The zero-order valence-corrected chi connectivity index (χ0v) is 11.9. The van der Waals surface area contributed by atoms with E-state index in [-0.39, 0.29) is 5.75 Å². The first-order chi connectivity index (χ1) is 9.63. The molecule has 0 atom stereocenters. The quantitative estimate of drug-likeness (QED) is 0.654. The molecule has 1 aromatic carbocycles. The first-order valence-corrected chi connectivity index (χ1v) is 7.06. The van der Waals surface area contributed by atoms with Gasteiger partial charge in [-0.3, -0.25) is 9.36 Å². The number of aliphatic carboxylic acids is 1. The topological polar surface area (TPSA) is 68.0 Å². The fraction of sp³-hybridized carbons (Fsp3) is 0.214. The molecule has 20 heavy (non-hydrogen) atoms. The monoisotopic (exact) mass is 289 g/mol. The summed E-state index contributed by atoms with van der Waals surface area (Å²) in [6, 6.07) is 7.89. The predicted molar refractivity (Wildman–Crippen MR) is 78.8 cm³/mol. The van der Waals surface area contributed by atoms with Crippen molar-refractivity contribution in [1.29, 1.82) is 0 Å². The number of hydrogen-bond acceptors (Lipinski definition) is 4. The van der Waals surface area contributed by atoms with Crippen LogP contribution in [0.4, 0.5) is 0 Å². The molecule has 104 valence electrons. The number of thioether (sulfide) groups is 1. The third kappa shape index (κ3) is 3.08. The van der Waals surface area contributed by atoms with Gasteiger partial charge in [-0.15, -0.1) is 16.8 Å². The van der Waals surface area contributed by atoms with E-state index in [1.165, 1.54) is 0 Å². The van der Waals surface area contributed by atoms with Crippen molar-refractivity contribution < 1.29 is 9.90 Å². The Bertz CT molecular complexity index is 637. The van der Waals surface area contributed by atoms with Gasteiger partial charge in [0.1, 0.15) is 0 Å². The molecule has 0 unspecified atom stereocenters. The molecule has 2 rings (SSSR count). The Balaban J connectivity index is 2.41. The van der Waals surface area contributed by atoms with Gasteiger partial charge in [-0.05, 0) is 12.5 Å². The second-order valence-electron chi connectivity index (χ2n) is 4.20. The second-order valence-corrected chi connectivity index (χ2v) is 5.15. The van der Waals surface area contributed by atoms with Crippen molar-refractivity contribution in [2.75, 3.05) is 5.75 Å². The van der Waals surface area contributed by atoms with Crippen LogP contribution in [-0.2, 0) is 11.3 Å². The van der Waals surface area contributed by atoms with Crippen LogP contribution in [0, 0.1) is 6.92 Å². The zero-order chi connectivity index (χ0) is 14.5. The van der Waals surface area contributed by atoms with E-state index in [2.05, 4.69) is 16.8 Å². The third-order valence-corrected chi connectivity index (χ3v) is 3.69. The second kappa shape index (κ2) is 6.38. The summed E-state index contributed by atoms with van der Waals surface area (Å²) < 4.78 is 1.88. The van der Waals surface area contributed by atoms with Crippen LogP contribution in [0.25, 0.3) is 11.4 Å². The van der Waals surface area contributed by atoms with Crippen LogP contribution in [0.5, 0.6) is 0 Å². The van der Waals surface area contributed by atoms with E-state index in [0.29, 0.717) is 11.7 Å². The van der Waals surface area contributed by atoms with Crippen LogP contribution in [0.3, 0.4) is 0 Å². The molecule has 0 fully saturated rings. The van der Waals surface area contributed by atoms with Crippen molar-refractivity contribution in [2.45, 2.75) is 18.6 Å². The fourth-order valence-corrected chi connectivity index (χ4v) is 2.51. The highest BCUT2D eigenvalue weighted by Gasteiger charge is 2.15. The van der Waals surface area contributed by atoms with Gasteiger partial charge in [0.05, 0.1) is 5.75 Å². The Morgan fingerprint density at radius 3 is 2.85 bits per heavy atom. The first kappa shape index (κ1) is 14.3. The van der Waals surface area contributed by atoms with E-state index >= 15 is 0 Å². The van der Waals surface area contributed by atoms with Crippen LogP contribution in [0.2, 0.25) is 0 Å². The summed E-state index contributed by atoms with van der Waals surface area (Å²) in [7, 11) is 0. The standard InChI is InChI=1S/C14H15N3O2S/c1-3-8-17-13(11-7-5-4-6-10(11)2)15-16-14(17)20-9-12(18)19/h3-7H,1,8-9H2,2H3,(H,18,19). The Morgan fingerprint density at radius 1 is 1.45 bits per heavy atom. The number of carboxylic acids is 1. The molecule has 0 saturated carbocycles. The summed E-state index contributed by atoms with van der Waals surface area (Å²) in [6.07, 6.45) is 1.75. The highest BCUT2D eigenvalue weighted by molar-refractivity contribution is 7.99. The molecule has 5 nitrogen and oxygen atoms in total. The Labute approximate surface area is 121 Å². The zero-order valence-electron chi connectivity index (χ0n) is 11.1. The average Bonchev–Trinajstić information content (AvgIpc) is 2.80. The maximum Gasteiger partial charge on any atom is 0.313 e. The number of carboxylic acid groups (broad SMARTS) is 1. The first-order valence-electron chi connectivity index (χ1n) is 6.08. The van der Waals surface area contributed by atoms with E-state index in [0.717, 1.165) is 28.7 Å². The predicted octanol–water partition coefficient (Wildman–Crippen LogP) is 2.62. The van der Waals surface area contributed by atoms with Crippen molar-refractivity contribution in [3.8, 4) is 11.4 Å². The van der Waals surface area contributed by atoms with Crippen molar-refractivity contribution >= 4 is 17.7 Å². The third-order valence-electron chi connectivity index (χ3n) is 2.74. The fourth-order valence-electron chi connectivity index (χ4n) is 1.84. The maximum absolute atomic E-state index is 10.7. The minimum atomic E-state index is -0.874. The minimum absolute atomic E-state index is 0.0386. The number of rotatable bonds is 6.